The number of hydrogen-bond acceptors (Lipinski definition) is 4. The number of methoxy groups -OCH3 is 1. The first-order chi connectivity index (χ1) is 13.1. The molecule has 0 saturated carbocycles. The van der Waals surface area contributed by atoms with Crippen LogP contribution in [0.2, 0.25) is 0 Å². The van der Waals surface area contributed by atoms with Gasteiger partial charge in [-0.3, -0.25) is 4.79 Å². The summed E-state index contributed by atoms with van der Waals surface area (Å²) >= 11 is 0. The molecule has 5 nitrogen and oxygen atoms in total. The van der Waals surface area contributed by atoms with Crippen molar-refractivity contribution in [2.45, 2.75) is 6.42 Å². The molecular formula is C21H20FN3O2. The Kier molecular flexibility index (Phi) is 5.99. The average Bonchev–Trinajstić information content (AvgIpc) is 2.69. The van der Waals surface area contributed by atoms with Crippen molar-refractivity contribution in [3.8, 4) is 5.75 Å². The summed E-state index contributed by atoms with van der Waals surface area (Å²) in [7, 11) is 1.65. The largest absolute Gasteiger partial charge is 0.497 e. The number of amides is 1. The summed E-state index contributed by atoms with van der Waals surface area (Å²) < 4.78 is 18.4. The number of hydrogen-bond donors (Lipinski definition) is 2. The van der Waals surface area contributed by atoms with Crippen LogP contribution in [0.25, 0.3) is 0 Å². The molecule has 0 atom stereocenters. The Bertz CT molecular complexity index is 913. The fraction of sp³-hybridized carbons (Fsp3) is 0.143. The van der Waals surface area contributed by atoms with Crippen LogP contribution in [0, 0.1) is 5.82 Å². The third-order valence-corrected chi connectivity index (χ3v) is 3.96. The first kappa shape index (κ1) is 18.4. The minimum Gasteiger partial charge on any atom is -0.497 e. The number of benzene rings is 2. The van der Waals surface area contributed by atoms with Gasteiger partial charge in [-0.05, 0) is 54.4 Å². The number of ether oxygens (including phenoxy) is 1. The molecule has 1 aromatic heterocycles. The van der Waals surface area contributed by atoms with Gasteiger partial charge in [0.05, 0.1) is 19.0 Å². The number of pyridine rings is 1. The highest BCUT2D eigenvalue weighted by atomic mass is 19.1. The molecular weight excluding hydrogens is 345 g/mol. The first-order valence-corrected chi connectivity index (χ1v) is 8.54. The lowest BCUT2D eigenvalue weighted by molar-refractivity contribution is 0.102. The molecule has 0 bridgehead atoms. The molecule has 27 heavy (non-hydrogen) atoms. The minimum absolute atomic E-state index is 0.260. The summed E-state index contributed by atoms with van der Waals surface area (Å²) in [6, 6.07) is 17.0. The van der Waals surface area contributed by atoms with E-state index in [0.29, 0.717) is 11.5 Å². The van der Waals surface area contributed by atoms with E-state index in [2.05, 4.69) is 15.6 Å². The molecule has 0 aliphatic carbocycles. The highest BCUT2D eigenvalue weighted by molar-refractivity contribution is 6.04. The van der Waals surface area contributed by atoms with Gasteiger partial charge in [-0.25, -0.2) is 9.37 Å². The maximum atomic E-state index is 13.2. The lowest BCUT2D eigenvalue weighted by Gasteiger charge is -2.09. The van der Waals surface area contributed by atoms with Crippen LogP contribution in [0.4, 0.5) is 15.9 Å². The molecule has 3 aromatic rings. The Labute approximate surface area is 157 Å². The number of carbonyl (C=O) groups is 1. The van der Waals surface area contributed by atoms with Crippen LogP contribution in [0.15, 0.2) is 66.9 Å². The van der Waals surface area contributed by atoms with Gasteiger partial charge in [0.1, 0.15) is 17.4 Å². The van der Waals surface area contributed by atoms with Crippen molar-refractivity contribution in [2.75, 3.05) is 24.3 Å². The van der Waals surface area contributed by atoms with Crippen LogP contribution >= 0.6 is 0 Å². The van der Waals surface area contributed by atoms with Crippen molar-refractivity contribution < 1.29 is 13.9 Å². The number of anilines is 2. The highest BCUT2D eigenvalue weighted by Crippen LogP contribution is 2.14. The third kappa shape index (κ3) is 5.28. The van der Waals surface area contributed by atoms with Crippen LogP contribution in [0.5, 0.6) is 5.75 Å². The molecule has 2 aromatic carbocycles. The number of rotatable bonds is 7. The zero-order valence-corrected chi connectivity index (χ0v) is 14.9. The average molecular weight is 365 g/mol. The van der Waals surface area contributed by atoms with Crippen LogP contribution in [-0.4, -0.2) is 24.5 Å². The molecule has 0 fully saturated rings. The Hall–Kier alpha value is -3.41. The molecule has 2 N–H and O–H groups in total. The van der Waals surface area contributed by atoms with Gasteiger partial charge in [-0.15, -0.1) is 0 Å². The van der Waals surface area contributed by atoms with Crippen molar-refractivity contribution in [3.05, 3.63) is 83.8 Å². The van der Waals surface area contributed by atoms with E-state index < -0.39 is 5.82 Å². The van der Waals surface area contributed by atoms with Crippen molar-refractivity contribution in [3.63, 3.8) is 0 Å². The summed E-state index contributed by atoms with van der Waals surface area (Å²) in [6.45, 7) is 0.717. The molecule has 0 unspecified atom stereocenters. The smallest absolute Gasteiger partial charge is 0.255 e. The van der Waals surface area contributed by atoms with Gasteiger partial charge < -0.3 is 15.4 Å². The number of carbonyl (C=O) groups excluding carboxylic acids is 1. The predicted octanol–water partition coefficient (Wildman–Crippen LogP) is 4.14. The second-order valence-electron chi connectivity index (χ2n) is 5.92. The topological polar surface area (TPSA) is 63.2 Å². The van der Waals surface area contributed by atoms with Crippen molar-refractivity contribution in [2.24, 2.45) is 0 Å². The minimum atomic E-state index is -0.448. The maximum Gasteiger partial charge on any atom is 0.255 e. The van der Waals surface area contributed by atoms with Crippen LogP contribution in [0.1, 0.15) is 15.9 Å². The lowest BCUT2D eigenvalue weighted by atomic mass is 10.1. The number of nitrogens with zero attached hydrogens (tertiary/aromatic N) is 1. The molecule has 0 aliphatic heterocycles. The Morgan fingerprint density at radius 2 is 1.96 bits per heavy atom. The molecule has 6 heteroatoms. The summed E-state index contributed by atoms with van der Waals surface area (Å²) in [5, 5.41) is 5.93. The van der Waals surface area contributed by atoms with Crippen LogP contribution in [-0.2, 0) is 6.42 Å². The van der Waals surface area contributed by atoms with Crippen molar-refractivity contribution in [1.29, 1.82) is 0 Å². The standard InChI is InChI=1S/C21H20FN3O2/c1-27-19-7-2-4-15(12-19)10-11-23-20-9-8-18(14-24-20)25-21(26)16-5-3-6-17(22)13-16/h2-9,12-14H,10-11H2,1H3,(H,23,24)(H,25,26). The maximum absolute atomic E-state index is 13.2. The molecule has 0 aliphatic rings. The van der Waals surface area contributed by atoms with Gasteiger partial charge in [0, 0.05) is 12.1 Å². The van der Waals surface area contributed by atoms with Crippen molar-refractivity contribution >= 4 is 17.4 Å². The lowest BCUT2D eigenvalue weighted by Crippen LogP contribution is -2.12. The third-order valence-electron chi connectivity index (χ3n) is 3.96. The number of halogens is 1. The fourth-order valence-corrected chi connectivity index (χ4v) is 2.57. The zero-order chi connectivity index (χ0) is 19.1. The van der Waals surface area contributed by atoms with Gasteiger partial charge in [0.15, 0.2) is 0 Å². The van der Waals surface area contributed by atoms with E-state index in [9.17, 15) is 9.18 Å². The van der Waals surface area contributed by atoms with E-state index in [4.69, 9.17) is 4.74 Å². The van der Waals surface area contributed by atoms with E-state index in [-0.39, 0.29) is 11.5 Å². The SMILES string of the molecule is COc1cccc(CCNc2ccc(NC(=O)c3cccc(F)c3)cn2)c1. The number of nitrogens with one attached hydrogen (secondary N) is 2. The summed E-state index contributed by atoms with van der Waals surface area (Å²) in [5.74, 6) is 0.720. The second-order valence-corrected chi connectivity index (χ2v) is 5.92. The molecule has 3 rings (SSSR count). The van der Waals surface area contributed by atoms with E-state index in [1.165, 1.54) is 23.8 Å². The van der Waals surface area contributed by atoms with E-state index in [0.717, 1.165) is 18.7 Å². The van der Waals surface area contributed by atoms with Gasteiger partial charge in [-0.2, -0.15) is 0 Å². The Balaban J connectivity index is 1.51. The molecule has 0 spiro atoms. The molecule has 1 heterocycles. The van der Waals surface area contributed by atoms with Gasteiger partial charge in [-0.1, -0.05) is 18.2 Å². The normalized spacial score (nSPS) is 10.3. The predicted molar refractivity (Wildman–Crippen MR) is 104 cm³/mol. The van der Waals surface area contributed by atoms with E-state index >= 15 is 0 Å². The first-order valence-electron chi connectivity index (χ1n) is 8.54. The number of aromatic nitrogens is 1. The molecule has 0 radical (unpaired) electrons. The monoisotopic (exact) mass is 365 g/mol. The summed E-state index contributed by atoms with van der Waals surface area (Å²) in [5.41, 5.74) is 1.97. The molecule has 138 valence electrons. The molecule has 1 amide bonds. The highest BCUT2D eigenvalue weighted by Gasteiger charge is 2.07. The van der Waals surface area contributed by atoms with Gasteiger partial charge in [0.2, 0.25) is 0 Å². The molecule has 0 saturated heterocycles. The van der Waals surface area contributed by atoms with E-state index in [1.54, 1.807) is 31.5 Å². The quantitative estimate of drug-likeness (QED) is 0.661. The zero-order valence-electron chi connectivity index (χ0n) is 14.9. The van der Waals surface area contributed by atoms with Crippen molar-refractivity contribution in [1.82, 2.24) is 4.98 Å². The van der Waals surface area contributed by atoms with Crippen LogP contribution in [0.3, 0.4) is 0 Å². The van der Waals surface area contributed by atoms with Crippen LogP contribution < -0.4 is 15.4 Å². The second kappa shape index (κ2) is 8.80. The van der Waals surface area contributed by atoms with E-state index in [1.807, 2.05) is 24.3 Å². The fourth-order valence-electron chi connectivity index (χ4n) is 2.57. The van der Waals surface area contributed by atoms with Gasteiger partial charge >= 0.3 is 0 Å². The Morgan fingerprint density at radius 1 is 1.11 bits per heavy atom. The summed E-state index contributed by atoms with van der Waals surface area (Å²) in [6.07, 6.45) is 2.39. The summed E-state index contributed by atoms with van der Waals surface area (Å²) in [4.78, 5) is 16.4. The Morgan fingerprint density at radius 3 is 2.70 bits per heavy atom. The van der Waals surface area contributed by atoms with Gasteiger partial charge in [0.25, 0.3) is 5.91 Å².